The quantitative estimate of drug-likeness (QED) is 0.348. The zero-order valence-electron chi connectivity index (χ0n) is 11.2. The van der Waals surface area contributed by atoms with Crippen molar-refractivity contribution < 1.29 is 5.11 Å². The molecule has 0 aliphatic heterocycles. The third-order valence-corrected chi connectivity index (χ3v) is 4.42. The van der Waals surface area contributed by atoms with Crippen molar-refractivity contribution in [1.82, 2.24) is 0 Å². The van der Waals surface area contributed by atoms with Crippen molar-refractivity contribution in [2.24, 2.45) is 0 Å². The minimum absolute atomic E-state index is 0.357. The first-order valence-electron chi connectivity index (χ1n) is 6.91. The van der Waals surface area contributed by atoms with Crippen molar-refractivity contribution in [2.45, 2.75) is 63.2 Å². The maximum absolute atomic E-state index is 9.72. The van der Waals surface area contributed by atoms with Gasteiger partial charge in [0, 0.05) is 0 Å². The number of aromatic hydroxyl groups is 1. The van der Waals surface area contributed by atoms with Gasteiger partial charge in [0.05, 0.1) is 4.90 Å². The Morgan fingerprint density at radius 3 is 2.39 bits per heavy atom. The predicted molar refractivity (Wildman–Crippen MR) is 84.6 cm³/mol. The van der Waals surface area contributed by atoms with Gasteiger partial charge in [-0.2, -0.15) is 0 Å². The molecular weight excluding hydrogens is 260 g/mol. The normalized spacial score (nSPS) is 10.8. The van der Waals surface area contributed by atoms with Crippen LogP contribution in [0.5, 0.6) is 5.75 Å². The fourth-order valence-electron chi connectivity index (χ4n) is 2.15. The van der Waals surface area contributed by atoms with Crippen molar-refractivity contribution in [2.75, 3.05) is 0 Å². The third-order valence-electron chi connectivity index (χ3n) is 3.22. The Morgan fingerprint density at radius 1 is 1.06 bits per heavy atom. The van der Waals surface area contributed by atoms with E-state index in [9.17, 15) is 5.11 Å². The summed E-state index contributed by atoms with van der Waals surface area (Å²) in [5, 5.41) is 9.72. The molecule has 1 nitrogen and oxygen atoms in total. The van der Waals surface area contributed by atoms with Crippen LogP contribution in [0.4, 0.5) is 0 Å². The van der Waals surface area contributed by atoms with Crippen LogP contribution in [-0.4, -0.2) is 5.11 Å². The van der Waals surface area contributed by atoms with Crippen LogP contribution >= 0.6 is 22.5 Å². The lowest BCUT2D eigenvalue weighted by Crippen LogP contribution is -1.89. The second-order valence-corrected chi connectivity index (χ2v) is 5.87. The second-order valence-electron chi connectivity index (χ2n) is 4.73. The van der Waals surface area contributed by atoms with E-state index in [0.717, 1.165) is 11.3 Å². The van der Waals surface area contributed by atoms with E-state index in [1.165, 1.54) is 61.3 Å². The van der Waals surface area contributed by atoms with Gasteiger partial charge in [-0.25, -0.2) is 0 Å². The van der Waals surface area contributed by atoms with Crippen LogP contribution in [-0.2, 0) is 6.42 Å². The van der Waals surface area contributed by atoms with E-state index in [2.05, 4.69) is 24.7 Å². The van der Waals surface area contributed by atoms with Gasteiger partial charge in [0.25, 0.3) is 0 Å². The summed E-state index contributed by atoms with van der Waals surface area (Å²) in [7, 11) is 1.34. The number of thiol groups is 1. The lowest BCUT2D eigenvalue weighted by Gasteiger charge is -2.08. The molecule has 0 amide bonds. The molecule has 1 aromatic carbocycles. The van der Waals surface area contributed by atoms with Crippen LogP contribution in [0.15, 0.2) is 23.1 Å². The van der Waals surface area contributed by atoms with E-state index < -0.39 is 0 Å². The van der Waals surface area contributed by atoms with Crippen LogP contribution in [0.2, 0.25) is 0 Å². The Labute approximate surface area is 120 Å². The highest BCUT2D eigenvalue weighted by Crippen LogP contribution is 2.34. The van der Waals surface area contributed by atoms with Crippen LogP contribution in [0.25, 0.3) is 0 Å². The van der Waals surface area contributed by atoms with Crippen molar-refractivity contribution in [3.8, 4) is 5.75 Å². The van der Waals surface area contributed by atoms with Gasteiger partial charge < -0.3 is 5.11 Å². The average molecular weight is 284 g/mol. The summed E-state index contributed by atoms with van der Waals surface area (Å²) in [6.45, 7) is 2.25. The first-order chi connectivity index (χ1) is 8.79. The first-order valence-corrected chi connectivity index (χ1v) is 8.78. The van der Waals surface area contributed by atoms with Crippen LogP contribution in [0, 0.1) is 0 Å². The van der Waals surface area contributed by atoms with E-state index in [0.29, 0.717) is 5.75 Å². The molecular formula is C15H24OS2. The SMILES string of the molecule is CCCCCCCCCc1cccc(O)c1SS. The number of benzene rings is 1. The van der Waals surface area contributed by atoms with E-state index in [1.807, 2.05) is 6.07 Å². The summed E-state index contributed by atoms with van der Waals surface area (Å²) >= 11 is 4.21. The Kier molecular flexibility index (Phi) is 8.44. The smallest absolute Gasteiger partial charge is 0.130 e. The molecule has 0 radical (unpaired) electrons. The Hall–Kier alpha value is -0.280. The summed E-state index contributed by atoms with van der Waals surface area (Å²) in [6, 6.07) is 5.74. The largest absolute Gasteiger partial charge is 0.507 e. The summed E-state index contributed by atoms with van der Waals surface area (Å²) in [5.41, 5.74) is 1.23. The molecule has 0 aliphatic rings. The summed E-state index contributed by atoms with van der Waals surface area (Å²) in [6.07, 6.45) is 10.3. The lowest BCUT2D eigenvalue weighted by molar-refractivity contribution is 0.460. The van der Waals surface area contributed by atoms with Gasteiger partial charge in [0.1, 0.15) is 5.75 Å². The molecule has 3 heteroatoms. The molecule has 0 aromatic heterocycles. The number of phenols is 1. The minimum Gasteiger partial charge on any atom is -0.507 e. The molecule has 1 aromatic rings. The molecule has 0 saturated heterocycles. The molecule has 0 atom stereocenters. The van der Waals surface area contributed by atoms with Crippen LogP contribution < -0.4 is 0 Å². The molecule has 0 heterocycles. The minimum atomic E-state index is 0.357. The number of hydrogen-bond donors (Lipinski definition) is 2. The van der Waals surface area contributed by atoms with Gasteiger partial charge in [-0.05, 0) is 24.5 Å². The third kappa shape index (κ3) is 5.57. The second kappa shape index (κ2) is 9.62. The van der Waals surface area contributed by atoms with Gasteiger partial charge in [-0.15, -0.1) is 11.7 Å². The summed E-state index contributed by atoms with van der Waals surface area (Å²) in [5.74, 6) is 0.357. The maximum Gasteiger partial charge on any atom is 0.130 e. The monoisotopic (exact) mass is 284 g/mol. The van der Waals surface area contributed by atoms with Crippen molar-refractivity contribution in [1.29, 1.82) is 0 Å². The highest BCUT2D eigenvalue weighted by atomic mass is 33.1. The fourth-order valence-corrected chi connectivity index (χ4v) is 3.23. The Balaban J connectivity index is 2.25. The first kappa shape index (κ1) is 15.8. The maximum atomic E-state index is 9.72. The van der Waals surface area contributed by atoms with Gasteiger partial charge in [0.15, 0.2) is 0 Å². The summed E-state index contributed by atoms with van der Waals surface area (Å²) in [4.78, 5) is 0.923. The molecule has 1 N–H and O–H groups in total. The van der Waals surface area contributed by atoms with Crippen LogP contribution in [0.3, 0.4) is 0 Å². The van der Waals surface area contributed by atoms with Gasteiger partial charge >= 0.3 is 0 Å². The highest BCUT2D eigenvalue weighted by Gasteiger charge is 2.06. The number of aryl methyl sites for hydroxylation is 1. The molecule has 102 valence electrons. The van der Waals surface area contributed by atoms with Crippen LogP contribution in [0.1, 0.15) is 57.4 Å². The number of hydrogen-bond acceptors (Lipinski definition) is 3. The van der Waals surface area contributed by atoms with E-state index in [1.54, 1.807) is 6.07 Å². The van der Waals surface area contributed by atoms with Gasteiger partial charge in [0.2, 0.25) is 0 Å². The number of phenolic OH excluding ortho intramolecular Hbond substituents is 1. The standard InChI is InChI=1S/C15H24OS2/c1-2-3-4-5-6-7-8-10-13-11-9-12-14(16)15(13)18-17/h9,11-12,16-17H,2-8,10H2,1H3. The zero-order valence-corrected chi connectivity index (χ0v) is 12.9. The lowest BCUT2D eigenvalue weighted by atomic mass is 10.0. The van der Waals surface area contributed by atoms with E-state index in [4.69, 9.17) is 0 Å². The summed E-state index contributed by atoms with van der Waals surface area (Å²) < 4.78 is 0. The molecule has 0 saturated carbocycles. The average Bonchev–Trinajstić information content (AvgIpc) is 2.38. The highest BCUT2D eigenvalue weighted by molar-refractivity contribution is 8.68. The molecule has 0 fully saturated rings. The van der Waals surface area contributed by atoms with E-state index >= 15 is 0 Å². The Morgan fingerprint density at radius 2 is 1.72 bits per heavy atom. The predicted octanol–water partition coefficient (Wildman–Crippen LogP) is 5.62. The van der Waals surface area contributed by atoms with Gasteiger partial charge in [-0.1, -0.05) is 68.4 Å². The van der Waals surface area contributed by atoms with Crippen molar-refractivity contribution in [3.05, 3.63) is 23.8 Å². The molecule has 0 unspecified atom stereocenters. The molecule has 0 spiro atoms. The molecule has 18 heavy (non-hydrogen) atoms. The topological polar surface area (TPSA) is 20.2 Å². The number of rotatable bonds is 9. The molecule has 0 bridgehead atoms. The van der Waals surface area contributed by atoms with E-state index in [-0.39, 0.29) is 0 Å². The molecule has 0 aliphatic carbocycles. The zero-order chi connectivity index (χ0) is 13.2. The van der Waals surface area contributed by atoms with Gasteiger partial charge in [-0.3, -0.25) is 0 Å². The van der Waals surface area contributed by atoms with Crippen molar-refractivity contribution >= 4 is 22.5 Å². The Bertz CT molecular complexity index is 339. The number of unbranched alkanes of at least 4 members (excludes halogenated alkanes) is 6. The van der Waals surface area contributed by atoms with Crippen molar-refractivity contribution in [3.63, 3.8) is 0 Å². The molecule has 1 rings (SSSR count). The fraction of sp³-hybridized carbons (Fsp3) is 0.600.